The van der Waals surface area contributed by atoms with E-state index in [1.165, 1.54) is 31.6 Å². The van der Waals surface area contributed by atoms with E-state index in [9.17, 15) is 0 Å². The number of rotatable bonds is 6. The van der Waals surface area contributed by atoms with Gasteiger partial charge in [0.25, 0.3) is 0 Å². The molecule has 1 aromatic rings. The Bertz CT molecular complexity index is 436. The van der Waals surface area contributed by atoms with Gasteiger partial charge in [-0.2, -0.15) is 0 Å². The number of likely N-dealkylation sites (tertiary alicyclic amines) is 1. The van der Waals surface area contributed by atoms with Crippen molar-refractivity contribution in [2.75, 3.05) is 26.2 Å². The molecule has 1 aliphatic rings. The molecule has 2 nitrogen and oxygen atoms in total. The molecule has 0 bridgehead atoms. The van der Waals surface area contributed by atoms with Gasteiger partial charge in [-0.15, -0.1) is 0 Å². The van der Waals surface area contributed by atoms with Crippen LogP contribution in [0.4, 0.5) is 0 Å². The number of benzene rings is 1. The van der Waals surface area contributed by atoms with E-state index in [2.05, 4.69) is 30.1 Å². The zero-order valence-electron chi connectivity index (χ0n) is 12.3. The largest absolute Gasteiger partial charge is 0.310 e. The summed E-state index contributed by atoms with van der Waals surface area (Å²) in [7, 11) is 0. The molecule has 0 aromatic heterocycles. The fourth-order valence-corrected chi connectivity index (χ4v) is 3.21. The standard InChI is InChI=1S/C16H24Cl2N2/c1-3-16(13-5-6-14(17)15(18)9-13)19-10-12-7-8-20(4-2)11-12/h5-6,9,12,16,19H,3-4,7-8,10-11H2,1-2H3. The van der Waals surface area contributed by atoms with Crippen molar-refractivity contribution in [2.45, 2.75) is 32.7 Å². The number of halogens is 2. The Morgan fingerprint density at radius 3 is 2.70 bits per heavy atom. The second-order valence-corrected chi connectivity index (χ2v) is 6.40. The highest BCUT2D eigenvalue weighted by atomic mass is 35.5. The van der Waals surface area contributed by atoms with Gasteiger partial charge in [-0.25, -0.2) is 0 Å². The van der Waals surface area contributed by atoms with Gasteiger partial charge in [0.2, 0.25) is 0 Å². The molecule has 20 heavy (non-hydrogen) atoms. The minimum atomic E-state index is 0.362. The molecule has 1 aliphatic heterocycles. The molecule has 112 valence electrons. The summed E-state index contributed by atoms with van der Waals surface area (Å²) in [6.45, 7) is 9.15. The third kappa shape index (κ3) is 4.11. The summed E-state index contributed by atoms with van der Waals surface area (Å²) < 4.78 is 0. The lowest BCUT2D eigenvalue weighted by atomic mass is 10.0. The SMILES string of the molecule is CCC(NCC1CCN(CC)C1)c1ccc(Cl)c(Cl)c1. The number of nitrogens with one attached hydrogen (secondary N) is 1. The van der Waals surface area contributed by atoms with Gasteiger partial charge in [0.15, 0.2) is 0 Å². The maximum absolute atomic E-state index is 6.11. The van der Waals surface area contributed by atoms with E-state index in [-0.39, 0.29) is 0 Å². The molecule has 0 radical (unpaired) electrons. The van der Waals surface area contributed by atoms with E-state index in [4.69, 9.17) is 23.2 Å². The average molecular weight is 315 g/mol. The highest BCUT2D eigenvalue weighted by Gasteiger charge is 2.22. The average Bonchev–Trinajstić information content (AvgIpc) is 2.91. The third-order valence-corrected chi connectivity index (χ3v) is 4.96. The molecule has 2 rings (SSSR count). The van der Waals surface area contributed by atoms with E-state index >= 15 is 0 Å². The summed E-state index contributed by atoms with van der Waals surface area (Å²) in [5.74, 6) is 0.770. The lowest BCUT2D eigenvalue weighted by molar-refractivity contribution is 0.334. The summed E-state index contributed by atoms with van der Waals surface area (Å²) >= 11 is 12.1. The minimum absolute atomic E-state index is 0.362. The monoisotopic (exact) mass is 314 g/mol. The summed E-state index contributed by atoms with van der Waals surface area (Å²) in [4.78, 5) is 2.52. The fourth-order valence-electron chi connectivity index (χ4n) is 2.90. The summed E-state index contributed by atoms with van der Waals surface area (Å²) in [6, 6.07) is 6.30. The van der Waals surface area contributed by atoms with Crippen molar-refractivity contribution in [1.82, 2.24) is 10.2 Å². The first-order valence-corrected chi connectivity index (χ1v) is 8.30. The van der Waals surface area contributed by atoms with E-state index in [0.717, 1.165) is 18.9 Å². The first kappa shape index (κ1) is 16.1. The van der Waals surface area contributed by atoms with Crippen molar-refractivity contribution in [2.24, 2.45) is 5.92 Å². The molecule has 1 saturated heterocycles. The van der Waals surface area contributed by atoms with Crippen LogP contribution in [0.5, 0.6) is 0 Å². The zero-order valence-corrected chi connectivity index (χ0v) is 13.8. The van der Waals surface area contributed by atoms with Crippen molar-refractivity contribution in [3.8, 4) is 0 Å². The van der Waals surface area contributed by atoms with Crippen LogP contribution in [0, 0.1) is 5.92 Å². The molecule has 0 saturated carbocycles. The normalized spacial score (nSPS) is 21.3. The molecular weight excluding hydrogens is 291 g/mol. The van der Waals surface area contributed by atoms with Gasteiger partial charge in [-0.3, -0.25) is 0 Å². The molecule has 4 heteroatoms. The lowest BCUT2D eigenvalue weighted by Crippen LogP contribution is -2.29. The lowest BCUT2D eigenvalue weighted by Gasteiger charge is -2.21. The van der Waals surface area contributed by atoms with Gasteiger partial charge >= 0.3 is 0 Å². The van der Waals surface area contributed by atoms with Crippen molar-refractivity contribution in [3.05, 3.63) is 33.8 Å². The van der Waals surface area contributed by atoms with Crippen LogP contribution in [0.2, 0.25) is 10.0 Å². The Kier molecular flexibility index (Phi) is 6.16. The van der Waals surface area contributed by atoms with Crippen LogP contribution in [-0.4, -0.2) is 31.1 Å². The van der Waals surface area contributed by atoms with Gasteiger partial charge < -0.3 is 10.2 Å². The van der Waals surface area contributed by atoms with Crippen LogP contribution >= 0.6 is 23.2 Å². The topological polar surface area (TPSA) is 15.3 Å². The molecule has 0 aliphatic carbocycles. The van der Waals surface area contributed by atoms with Crippen LogP contribution in [0.1, 0.15) is 38.3 Å². The van der Waals surface area contributed by atoms with Gasteiger partial charge in [0, 0.05) is 12.6 Å². The van der Waals surface area contributed by atoms with Crippen LogP contribution in [0.25, 0.3) is 0 Å². The highest BCUT2D eigenvalue weighted by molar-refractivity contribution is 6.42. The zero-order chi connectivity index (χ0) is 14.5. The second kappa shape index (κ2) is 7.65. The molecular formula is C16H24Cl2N2. The molecule has 2 unspecified atom stereocenters. The van der Waals surface area contributed by atoms with Crippen molar-refractivity contribution < 1.29 is 0 Å². The second-order valence-electron chi connectivity index (χ2n) is 5.59. The Hall–Kier alpha value is -0.280. The molecule has 1 heterocycles. The number of hydrogen-bond donors (Lipinski definition) is 1. The molecule has 0 spiro atoms. The fraction of sp³-hybridized carbons (Fsp3) is 0.625. The Balaban J connectivity index is 1.90. The molecule has 1 N–H and O–H groups in total. The van der Waals surface area contributed by atoms with E-state index in [0.29, 0.717) is 16.1 Å². The van der Waals surface area contributed by atoms with Gasteiger partial charge in [0.05, 0.1) is 10.0 Å². The van der Waals surface area contributed by atoms with Crippen molar-refractivity contribution in [1.29, 1.82) is 0 Å². The highest BCUT2D eigenvalue weighted by Crippen LogP contribution is 2.27. The van der Waals surface area contributed by atoms with Crippen molar-refractivity contribution in [3.63, 3.8) is 0 Å². The molecule has 1 aromatic carbocycles. The molecule has 0 amide bonds. The van der Waals surface area contributed by atoms with Crippen LogP contribution in [0.3, 0.4) is 0 Å². The van der Waals surface area contributed by atoms with Crippen LogP contribution < -0.4 is 5.32 Å². The van der Waals surface area contributed by atoms with Gasteiger partial charge in [-0.1, -0.05) is 43.1 Å². The Labute approximate surface area is 132 Å². The first-order valence-electron chi connectivity index (χ1n) is 7.54. The maximum atomic E-state index is 6.11. The maximum Gasteiger partial charge on any atom is 0.0595 e. The van der Waals surface area contributed by atoms with Gasteiger partial charge in [-0.05, 0) is 56.1 Å². The van der Waals surface area contributed by atoms with Crippen LogP contribution in [0.15, 0.2) is 18.2 Å². The third-order valence-electron chi connectivity index (χ3n) is 4.22. The van der Waals surface area contributed by atoms with Crippen LogP contribution in [-0.2, 0) is 0 Å². The van der Waals surface area contributed by atoms with E-state index < -0.39 is 0 Å². The minimum Gasteiger partial charge on any atom is -0.310 e. The number of hydrogen-bond acceptors (Lipinski definition) is 2. The predicted molar refractivity (Wildman–Crippen MR) is 87.7 cm³/mol. The van der Waals surface area contributed by atoms with Gasteiger partial charge in [0.1, 0.15) is 0 Å². The summed E-state index contributed by atoms with van der Waals surface area (Å²) in [5, 5.41) is 4.96. The number of nitrogens with zero attached hydrogens (tertiary/aromatic N) is 1. The van der Waals surface area contributed by atoms with E-state index in [1.54, 1.807) is 0 Å². The smallest absolute Gasteiger partial charge is 0.0595 e. The summed E-state index contributed by atoms with van der Waals surface area (Å²) in [6.07, 6.45) is 2.36. The Morgan fingerprint density at radius 1 is 1.30 bits per heavy atom. The summed E-state index contributed by atoms with van der Waals surface area (Å²) in [5.41, 5.74) is 1.23. The van der Waals surface area contributed by atoms with Crippen molar-refractivity contribution >= 4 is 23.2 Å². The Morgan fingerprint density at radius 2 is 2.10 bits per heavy atom. The first-order chi connectivity index (χ1) is 9.63. The quantitative estimate of drug-likeness (QED) is 0.838. The van der Waals surface area contributed by atoms with E-state index in [1.807, 2.05) is 12.1 Å². The predicted octanol–water partition coefficient (Wildman–Crippen LogP) is 4.38. The molecule has 1 fully saturated rings. The molecule has 2 atom stereocenters.